The number of aliphatic carboxylic acids is 1. The zero-order chi connectivity index (χ0) is 20.9. The normalized spacial score (nSPS) is 12.8. The maximum Gasteiger partial charge on any atom is 0.332 e. The minimum atomic E-state index is -1.60. The van der Waals surface area contributed by atoms with Crippen molar-refractivity contribution in [2.45, 2.75) is 18.9 Å². The number of aromatic nitrogens is 1. The molecule has 6 nitrogen and oxygen atoms in total. The van der Waals surface area contributed by atoms with Gasteiger partial charge in [-0.1, -0.05) is 30.3 Å². The number of nitrogens with zero attached hydrogens (tertiary/aromatic N) is 1. The number of amides is 1. The Morgan fingerprint density at radius 2 is 1.97 bits per heavy atom. The average Bonchev–Trinajstić information content (AvgIpc) is 3.15. The van der Waals surface area contributed by atoms with Crippen molar-refractivity contribution in [2.24, 2.45) is 0 Å². The second-order valence-corrected chi connectivity index (χ2v) is 7.48. The van der Waals surface area contributed by atoms with Crippen LogP contribution in [-0.4, -0.2) is 34.1 Å². The maximum absolute atomic E-state index is 13.4. The summed E-state index contributed by atoms with van der Waals surface area (Å²) in [7, 11) is 0. The molecule has 0 spiro atoms. The lowest BCUT2D eigenvalue weighted by Gasteiger charge is -2.26. The molecule has 1 aromatic heterocycles. The van der Waals surface area contributed by atoms with Gasteiger partial charge in [-0.3, -0.25) is 4.79 Å². The molecule has 0 bridgehead atoms. The van der Waals surface area contributed by atoms with E-state index in [0.717, 1.165) is 0 Å². The lowest BCUT2D eigenvalue weighted by Crippen LogP contribution is -2.56. The van der Waals surface area contributed by atoms with Crippen LogP contribution in [0.15, 0.2) is 60.0 Å². The molecular weight excluding hydrogens is 395 g/mol. The molecule has 3 aromatic rings. The third-order valence-electron chi connectivity index (χ3n) is 4.12. The van der Waals surface area contributed by atoms with E-state index in [1.165, 1.54) is 30.4 Å². The number of rotatable bonds is 8. The molecule has 0 radical (unpaired) electrons. The summed E-state index contributed by atoms with van der Waals surface area (Å²) in [5, 5.41) is 14.3. The number of nitrogens with one attached hydrogen (secondary N) is 1. The van der Waals surface area contributed by atoms with Gasteiger partial charge in [0.2, 0.25) is 5.91 Å². The number of carboxylic acids is 1. The summed E-state index contributed by atoms with van der Waals surface area (Å²) in [4.78, 5) is 28.5. The highest BCUT2D eigenvalue weighted by molar-refractivity contribution is 7.13. The summed E-state index contributed by atoms with van der Waals surface area (Å²) in [6, 6.07) is 14.8. The van der Waals surface area contributed by atoms with Crippen molar-refractivity contribution in [3.8, 4) is 16.3 Å². The van der Waals surface area contributed by atoms with Gasteiger partial charge in [0.05, 0.1) is 12.1 Å². The van der Waals surface area contributed by atoms with Gasteiger partial charge in [-0.25, -0.2) is 14.2 Å². The molecule has 1 unspecified atom stereocenters. The molecular formula is C21H19FN2O4S. The molecule has 0 aliphatic heterocycles. The number of hydrogen-bond donors (Lipinski definition) is 2. The van der Waals surface area contributed by atoms with Crippen LogP contribution in [-0.2, 0) is 16.0 Å². The second-order valence-electron chi connectivity index (χ2n) is 6.62. The maximum atomic E-state index is 13.4. The van der Waals surface area contributed by atoms with Crippen molar-refractivity contribution in [3.05, 3.63) is 71.5 Å². The Kier molecular flexibility index (Phi) is 6.23. The number of carbonyl (C=O) groups is 2. The van der Waals surface area contributed by atoms with Crippen molar-refractivity contribution in [3.63, 3.8) is 0 Å². The van der Waals surface area contributed by atoms with Crippen LogP contribution in [0.3, 0.4) is 0 Å². The smallest absolute Gasteiger partial charge is 0.332 e. The SMILES string of the molecule is CC(COc1ccccc1)(NC(=O)Cc1csc(-c2cccc(F)c2)n1)C(=O)O. The highest BCUT2D eigenvalue weighted by Crippen LogP contribution is 2.24. The largest absolute Gasteiger partial charge is 0.491 e. The zero-order valence-electron chi connectivity index (χ0n) is 15.6. The first-order valence-electron chi connectivity index (χ1n) is 8.78. The number of benzene rings is 2. The van der Waals surface area contributed by atoms with Gasteiger partial charge in [-0.2, -0.15) is 0 Å². The van der Waals surface area contributed by atoms with E-state index in [-0.39, 0.29) is 18.8 Å². The molecule has 1 amide bonds. The molecule has 8 heteroatoms. The standard InChI is InChI=1S/C21H19FN2O4S/c1-21(20(26)27,13-28-17-8-3-2-4-9-17)24-18(25)11-16-12-29-19(23-16)14-6-5-7-15(22)10-14/h2-10,12H,11,13H2,1H3,(H,24,25)(H,26,27). The fraction of sp³-hybridized carbons (Fsp3) is 0.190. The molecule has 2 aromatic carbocycles. The minimum Gasteiger partial charge on any atom is -0.491 e. The molecule has 1 atom stereocenters. The van der Waals surface area contributed by atoms with Gasteiger partial charge in [0.15, 0.2) is 5.54 Å². The van der Waals surface area contributed by atoms with Crippen molar-refractivity contribution < 1.29 is 23.8 Å². The van der Waals surface area contributed by atoms with Crippen LogP contribution >= 0.6 is 11.3 Å². The molecule has 0 saturated heterocycles. The Labute approximate surface area is 171 Å². The Morgan fingerprint density at radius 1 is 1.21 bits per heavy atom. The van der Waals surface area contributed by atoms with E-state index in [2.05, 4.69) is 10.3 Å². The Bertz CT molecular complexity index is 1010. The third-order valence-corrected chi connectivity index (χ3v) is 5.06. The summed E-state index contributed by atoms with van der Waals surface area (Å²) in [6.07, 6.45) is -0.0972. The van der Waals surface area contributed by atoms with E-state index >= 15 is 0 Å². The number of para-hydroxylation sites is 1. The van der Waals surface area contributed by atoms with E-state index in [1.54, 1.807) is 41.8 Å². The molecule has 1 heterocycles. The van der Waals surface area contributed by atoms with Gasteiger partial charge < -0.3 is 15.2 Å². The van der Waals surface area contributed by atoms with Crippen molar-refractivity contribution >= 4 is 23.2 Å². The van der Waals surface area contributed by atoms with Gasteiger partial charge in [0.1, 0.15) is 23.2 Å². The fourth-order valence-electron chi connectivity index (χ4n) is 2.55. The first-order valence-corrected chi connectivity index (χ1v) is 9.66. The van der Waals surface area contributed by atoms with E-state index in [1.807, 2.05) is 6.07 Å². The number of carbonyl (C=O) groups excluding carboxylic acids is 1. The van der Waals surface area contributed by atoms with Gasteiger partial charge in [0, 0.05) is 10.9 Å². The highest BCUT2D eigenvalue weighted by Gasteiger charge is 2.36. The highest BCUT2D eigenvalue weighted by atomic mass is 32.1. The van der Waals surface area contributed by atoms with Crippen LogP contribution in [0.5, 0.6) is 5.75 Å². The van der Waals surface area contributed by atoms with Gasteiger partial charge >= 0.3 is 5.97 Å². The molecule has 150 valence electrons. The first kappa shape index (κ1) is 20.5. The topological polar surface area (TPSA) is 88.5 Å². The van der Waals surface area contributed by atoms with Gasteiger partial charge in [0.25, 0.3) is 0 Å². The third kappa shape index (κ3) is 5.39. The molecule has 3 rings (SSSR count). The molecule has 29 heavy (non-hydrogen) atoms. The first-order chi connectivity index (χ1) is 13.9. The number of hydrogen-bond acceptors (Lipinski definition) is 5. The predicted molar refractivity (Wildman–Crippen MR) is 107 cm³/mol. The summed E-state index contributed by atoms with van der Waals surface area (Å²) in [6.45, 7) is 1.15. The van der Waals surface area contributed by atoms with Gasteiger partial charge in [-0.05, 0) is 31.2 Å². The van der Waals surface area contributed by atoms with Crippen molar-refractivity contribution in [1.82, 2.24) is 10.3 Å². The molecule has 0 saturated carbocycles. The Morgan fingerprint density at radius 3 is 2.66 bits per heavy atom. The molecule has 0 fully saturated rings. The van der Waals surface area contributed by atoms with Crippen molar-refractivity contribution in [2.75, 3.05) is 6.61 Å². The minimum absolute atomic E-state index is 0.0972. The number of ether oxygens (including phenoxy) is 1. The summed E-state index contributed by atoms with van der Waals surface area (Å²) in [5.74, 6) is -1.57. The second kappa shape index (κ2) is 8.83. The molecule has 2 N–H and O–H groups in total. The summed E-state index contributed by atoms with van der Waals surface area (Å²) >= 11 is 1.29. The summed E-state index contributed by atoms with van der Waals surface area (Å²) < 4.78 is 18.9. The van der Waals surface area contributed by atoms with Crippen LogP contribution in [0, 0.1) is 5.82 Å². The zero-order valence-corrected chi connectivity index (χ0v) is 16.4. The number of carboxylic acid groups (broad SMARTS) is 1. The van der Waals surface area contributed by atoms with Crippen LogP contribution in [0.1, 0.15) is 12.6 Å². The van der Waals surface area contributed by atoms with Gasteiger partial charge in [-0.15, -0.1) is 11.3 Å². The van der Waals surface area contributed by atoms with Crippen LogP contribution < -0.4 is 10.1 Å². The monoisotopic (exact) mass is 414 g/mol. The Balaban J connectivity index is 1.64. The van der Waals surface area contributed by atoms with E-state index < -0.39 is 17.4 Å². The summed E-state index contributed by atoms with van der Waals surface area (Å²) in [5.41, 5.74) is -0.509. The molecule has 0 aliphatic carbocycles. The molecule has 0 aliphatic rings. The van der Waals surface area contributed by atoms with Crippen LogP contribution in [0.2, 0.25) is 0 Å². The van der Waals surface area contributed by atoms with E-state index in [4.69, 9.17) is 4.74 Å². The quantitative estimate of drug-likeness (QED) is 0.589. The fourth-order valence-corrected chi connectivity index (χ4v) is 3.37. The lowest BCUT2D eigenvalue weighted by atomic mass is 10.0. The number of halogens is 1. The number of thiazole rings is 1. The van der Waals surface area contributed by atoms with E-state index in [0.29, 0.717) is 22.0 Å². The van der Waals surface area contributed by atoms with Crippen molar-refractivity contribution in [1.29, 1.82) is 0 Å². The predicted octanol–water partition coefficient (Wildman–Crippen LogP) is 3.53. The van der Waals surface area contributed by atoms with E-state index in [9.17, 15) is 19.1 Å². The average molecular weight is 414 g/mol. The Hall–Kier alpha value is -3.26. The van der Waals surface area contributed by atoms with Crippen LogP contribution in [0.25, 0.3) is 10.6 Å². The lowest BCUT2D eigenvalue weighted by molar-refractivity contribution is -0.148. The van der Waals surface area contributed by atoms with Crippen LogP contribution in [0.4, 0.5) is 4.39 Å².